The van der Waals surface area contributed by atoms with Crippen molar-refractivity contribution < 1.29 is 19.1 Å². The van der Waals surface area contributed by atoms with E-state index in [4.69, 9.17) is 4.74 Å². The Morgan fingerprint density at radius 1 is 0.949 bits per heavy atom. The fourth-order valence-corrected chi connectivity index (χ4v) is 5.46. The third-order valence-electron chi connectivity index (χ3n) is 7.53. The van der Waals surface area contributed by atoms with E-state index in [1.165, 1.54) is 0 Å². The molecule has 0 saturated carbocycles. The Bertz CT molecular complexity index is 1250. The lowest BCUT2D eigenvalue weighted by atomic mass is 9.90. The molecule has 1 N–H and O–H groups in total. The Labute approximate surface area is 231 Å². The smallest absolute Gasteiger partial charge is 0.338 e. The first-order valence-corrected chi connectivity index (χ1v) is 13.9. The van der Waals surface area contributed by atoms with Gasteiger partial charge >= 0.3 is 12.0 Å². The molecule has 1 unspecified atom stereocenters. The monoisotopic (exact) mass is 532 g/mol. The summed E-state index contributed by atoms with van der Waals surface area (Å²) < 4.78 is 5.53. The number of likely N-dealkylation sites (N-methyl/N-ethyl adjacent to an activating group) is 1. The van der Waals surface area contributed by atoms with Gasteiger partial charge in [0.25, 0.3) is 5.91 Å². The second-order valence-corrected chi connectivity index (χ2v) is 10.4. The molecular weight excluding hydrogens is 492 g/mol. The van der Waals surface area contributed by atoms with Crippen molar-refractivity contribution in [3.05, 3.63) is 81.6 Å². The van der Waals surface area contributed by atoms with Gasteiger partial charge < -0.3 is 15.0 Å². The van der Waals surface area contributed by atoms with Gasteiger partial charge in [0, 0.05) is 50.5 Å². The van der Waals surface area contributed by atoms with Gasteiger partial charge in [0.05, 0.1) is 18.2 Å². The topological polar surface area (TPSA) is 82.2 Å². The van der Waals surface area contributed by atoms with Crippen molar-refractivity contribution in [1.29, 1.82) is 0 Å². The van der Waals surface area contributed by atoms with Gasteiger partial charge in [-0.25, -0.2) is 9.59 Å². The molecule has 2 aliphatic heterocycles. The molecular formula is C31H40N4O4. The lowest BCUT2D eigenvalue weighted by Gasteiger charge is -2.38. The number of amides is 3. The number of nitrogens with zero attached hydrogens (tertiary/aromatic N) is 3. The Balaban J connectivity index is 1.64. The highest BCUT2D eigenvalue weighted by atomic mass is 16.5. The first-order valence-electron chi connectivity index (χ1n) is 13.9. The largest absolute Gasteiger partial charge is 0.463 e. The van der Waals surface area contributed by atoms with Crippen LogP contribution in [0.1, 0.15) is 58.9 Å². The molecule has 4 rings (SSSR count). The Morgan fingerprint density at radius 3 is 2.33 bits per heavy atom. The van der Waals surface area contributed by atoms with Gasteiger partial charge in [-0.2, -0.15) is 0 Å². The van der Waals surface area contributed by atoms with Crippen LogP contribution in [-0.2, 0) is 9.53 Å². The van der Waals surface area contributed by atoms with E-state index in [1.807, 2.05) is 69.0 Å². The van der Waals surface area contributed by atoms with Crippen LogP contribution in [0.3, 0.4) is 0 Å². The van der Waals surface area contributed by atoms with Gasteiger partial charge in [0.2, 0.25) is 0 Å². The molecule has 2 heterocycles. The number of rotatable bonds is 7. The quantitative estimate of drug-likeness (QED) is 0.536. The average molecular weight is 533 g/mol. The highest BCUT2D eigenvalue weighted by molar-refractivity contribution is 5.95. The predicted molar refractivity (Wildman–Crippen MR) is 151 cm³/mol. The molecule has 0 spiro atoms. The molecule has 2 aromatic carbocycles. The molecule has 0 bridgehead atoms. The van der Waals surface area contributed by atoms with E-state index in [0.717, 1.165) is 35.2 Å². The van der Waals surface area contributed by atoms with Crippen LogP contribution in [0.25, 0.3) is 0 Å². The van der Waals surface area contributed by atoms with E-state index in [2.05, 4.69) is 16.3 Å². The number of hydrogen-bond acceptors (Lipinski definition) is 5. The lowest BCUT2D eigenvalue weighted by Crippen LogP contribution is -2.51. The normalized spacial score (nSPS) is 18.6. The van der Waals surface area contributed by atoms with E-state index >= 15 is 0 Å². The summed E-state index contributed by atoms with van der Waals surface area (Å²) in [5.41, 5.74) is 5.96. The third kappa shape index (κ3) is 6.33. The fraction of sp³-hybridized carbons (Fsp3) is 0.452. The SMILES string of the molecule is CCOC(=O)C1=C(CN2CCCN(C(=O)c3ccc(C)cc3)CC2)N(CC)C(=O)NC1c1ccc(C)cc1C. The lowest BCUT2D eigenvalue weighted by molar-refractivity contribution is -0.139. The summed E-state index contributed by atoms with van der Waals surface area (Å²) >= 11 is 0. The van der Waals surface area contributed by atoms with E-state index in [9.17, 15) is 14.4 Å². The number of benzene rings is 2. The minimum Gasteiger partial charge on any atom is -0.463 e. The first-order chi connectivity index (χ1) is 18.7. The second-order valence-electron chi connectivity index (χ2n) is 10.4. The molecule has 1 saturated heterocycles. The molecule has 2 aromatic rings. The number of aryl methyl sites for hydroxylation is 3. The summed E-state index contributed by atoms with van der Waals surface area (Å²) in [7, 11) is 0. The summed E-state index contributed by atoms with van der Waals surface area (Å²) in [5, 5.41) is 3.06. The third-order valence-corrected chi connectivity index (χ3v) is 7.53. The Kier molecular flexibility index (Phi) is 9.07. The van der Waals surface area contributed by atoms with E-state index in [-0.39, 0.29) is 18.5 Å². The molecule has 0 radical (unpaired) electrons. The number of urea groups is 1. The number of nitrogens with one attached hydrogen (secondary N) is 1. The maximum Gasteiger partial charge on any atom is 0.338 e. The molecule has 3 amide bonds. The average Bonchev–Trinajstić information content (AvgIpc) is 3.14. The molecule has 8 heteroatoms. The van der Waals surface area contributed by atoms with E-state index < -0.39 is 12.0 Å². The van der Waals surface area contributed by atoms with Crippen LogP contribution in [0.15, 0.2) is 53.7 Å². The van der Waals surface area contributed by atoms with Crippen LogP contribution in [-0.4, -0.2) is 78.5 Å². The van der Waals surface area contributed by atoms with Gasteiger partial charge in [0.1, 0.15) is 0 Å². The first kappa shape index (κ1) is 28.4. The van der Waals surface area contributed by atoms with Crippen molar-refractivity contribution in [3.63, 3.8) is 0 Å². The van der Waals surface area contributed by atoms with Crippen LogP contribution in [0.5, 0.6) is 0 Å². The van der Waals surface area contributed by atoms with E-state index in [1.54, 1.807) is 11.8 Å². The van der Waals surface area contributed by atoms with Gasteiger partial charge in [0.15, 0.2) is 0 Å². The summed E-state index contributed by atoms with van der Waals surface area (Å²) in [6.07, 6.45) is 0.804. The summed E-state index contributed by atoms with van der Waals surface area (Å²) in [6.45, 7) is 13.5. The molecule has 0 aliphatic carbocycles. The molecule has 39 heavy (non-hydrogen) atoms. The Morgan fingerprint density at radius 2 is 1.67 bits per heavy atom. The highest BCUT2D eigenvalue weighted by Crippen LogP contribution is 2.34. The van der Waals surface area contributed by atoms with Crippen molar-refractivity contribution in [2.75, 3.05) is 45.9 Å². The van der Waals surface area contributed by atoms with Gasteiger partial charge in [-0.3, -0.25) is 14.6 Å². The molecule has 8 nitrogen and oxygen atoms in total. The van der Waals surface area contributed by atoms with Crippen LogP contribution >= 0.6 is 0 Å². The zero-order chi connectivity index (χ0) is 28.1. The minimum atomic E-state index is -0.596. The molecule has 2 aliphatic rings. The van der Waals surface area contributed by atoms with Crippen LogP contribution < -0.4 is 5.32 Å². The Hall–Kier alpha value is -3.65. The van der Waals surface area contributed by atoms with Crippen LogP contribution in [0.2, 0.25) is 0 Å². The zero-order valence-corrected chi connectivity index (χ0v) is 23.8. The molecule has 208 valence electrons. The van der Waals surface area contributed by atoms with Crippen molar-refractivity contribution in [2.24, 2.45) is 0 Å². The number of carbonyl (C=O) groups excluding carboxylic acids is 3. The molecule has 1 fully saturated rings. The van der Waals surface area contributed by atoms with Crippen molar-refractivity contribution in [1.82, 2.24) is 20.0 Å². The summed E-state index contributed by atoms with van der Waals surface area (Å²) in [4.78, 5) is 45.7. The van der Waals surface area contributed by atoms with Gasteiger partial charge in [-0.15, -0.1) is 0 Å². The number of hydrogen-bond donors (Lipinski definition) is 1. The number of carbonyl (C=O) groups is 3. The van der Waals surface area contributed by atoms with Crippen LogP contribution in [0.4, 0.5) is 4.79 Å². The second kappa shape index (κ2) is 12.5. The summed E-state index contributed by atoms with van der Waals surface area (Å²) in [6, 6.07) is 12.9. The van der Waals surface area contributed by atoms with E-state index in [0.29, 0.717) is 49.6 Å². The maximum atomic E-state index is 13.4. The fourth-order valence-electron chi connectivity index (χ4n) is 5.46. The van der Waals surface area contributed by atoms with Gasteiger partial charge in [-0.05, 0) is 64.3 Å². The molecule has 0 aromatic heterocycles. The van der Waals surface area contributed by atoms with Gasteiger partial charge in [-0.1, -0.05) is 41.5 Å². The predicted octanol–water partition coefficient (Wildman–Crippen LogP) is 4.36. The van der Waals surface area contributed by atoms with Crippen molar-refractivity contribution >= 4 is 17.9 Å². The zero-order valence-electron chi connectivity index (χ0n) is 23.8. The standard InChI is InChI=1S/C31H40N4O4/c1-6-35-26(20-33-15-8-16-34(18-17-33)29(36)24-12-9-21(3)10-13-24)27(30(37)39-7-2)28(32-31(35)38)25-14-11-22(4)19-23(25)5/h9-14,19,28H,6-8,15-18,20H2,1-5H3,(H,32,38). The molecule has 1 atom stereocenters. The highest BCUT2D eigenvalue weighted by Gasteiger charge is 2.39. The van der Waals surface area contributed by atoms with Crippen molar-refractivity contribution in [3.8, 4) is 0 Å². The maximum absolute atomic E-state index is 13.4. The summed E-state index contributed by atoms with van der Waals surface area (Å²) in [5.74, 6) is -0.382. The number of esters is 1. The van der Waals surface area contributed by atoms with Crippen molar-refractivity contribution in [2.45, 2.75) is 47.1 Å². The van der Waals surface area contributed by atoms with Crippen LogP contribution in [0, 0.1) is 20.8 Å². The number of ether oxygens (including phenoxy) is 1. The minimum absolute atomic E-state index is 0.0328.